The SMILES string of the molecule is C[C@@]1(c2ccccc2NC=O)C[C@@H]1c1ccc2cn[nH]c2c1. The standard InChI is InChI=1S/C18H17N3O/c1-18(14-4-2-3-5-16(14)19-11-22)9-15(18)12-6-7-13-10-20-21-17(13)8-12/h2-8,10-11,15H,9H2,1H3,(H,19,22)(H,20,21)/t15-,18+/m1/s1. The third kappa shape index (κ3) is 1.91. The second-order valence-electron chi connectivity index (χ2n) is 6.20. The summed E-state index contributed by atoms with van der Waals surface area (Å²) in [7, 11) is 0. The molecule has 4 heteroatoms. The van der Waals surface area contributed by atoms with E-state index in [1.54, 1.807) is 0 Å². The summed E-state index contributed by atoms with van der Waals surface area (Å²) in [5.41, 5.74) is 4.58. The highest BCUT2D eigenvalue weighted by molar-refractivity contribution is 5.79. The second kappa shape index (κ2) is 4.70. The van der Waals surface area contributed by atoms with E-state index in [4.69, 9.17) is 0 Å². The first-order valence-corrected chi connectivity index (χ1v) is 7.45. The second-order valence-corrected chi connectivity index (χ2v) is 6.20. The molecule has 4 nitrogen and oxygen atoms in total. The minimum absolute atomic E-state index is 0.0697. The largest absolute Gasteiger partial charge is 0.328 e. The quantitative estimate of drug-likeness (QED) is 0.722. The number of hydrogen-bond donors (Lipinski definition) is 2. The molecule has 0 bridgehead atoms. The van der Waals surface area contributed by atoms with E-state index >= 15 is 0 Å². The fourth-order valence-corrected chi connectivity index (χ4v) is 3.49. The zero-order valence-electron chi connectivity index (χ0n) is 12.3. The fourth-order valence-electron chi connectivity index (χ4n) is 3.49. The van der Waals surface area contributed by atoms with Gasteiger partial charge in [-0.1, -0.05) is 37.3 Å². The van der Waals surface area contributed by atoms with E-state index in [-0.39, 0.29) is 5.41 Å². The Balaban J connectivity index is 1.71. The molecule has 110 valence electrons. The normalized spacial score (nSPS) is 23.4. The highest BCUT2D eigenvalue weighted by Crippen LogP contribution is 2.61. The van der Waals surface area contributed by atoms with Crippen molar-refractivity contribution in [3.8, 4) is 0 Å². The van der Waals surface area contributed by atoms with E-state index in [2.05, 4.69) is 46.7 Å². The predicted molar refractivity (Wildman–Crippen MR) is 86.9 cm³/mol. The van der Waals surface area contributed by atoms with Crippen LogP contribution in [0.25, 0.3) is 10.9 Å². The molecule has 2 atom stereocenters. The van der Waals surface area contributed by atoms with Crippen molar-refractivity contribution in [2.75, 3.05) is 5.32 Å². The highest BCUT2D eigenvalue weighted by Gasteiger charge is 2.52. The Morgan fingerprint density at radius 3 is 3.05 bits per heavy atom. The summed E-state index contributed by atoms with van der Waals surface area (Å²) in [6.45, 7) is 2.26. The van der Waals surface area contributed by atoms with Crippen LogP contribution in [0.1, 0.15) is 30.4 Å². The average molecular weight is 291 g/mol. The van der Waals surface area contributed by atoms with Gasteiger partial charge in [0.05, 0.1) is 11.7 Å². The van der Waals surface area contributed by atoms with E-state index in [1.165, 1.54) is 11.1 Å². The number of benzene rings is 2. The summed E-state index contributed by atoms with van der Waals surface area (Å²) in [4.78, 5) is 10.8. The molecule has 0 radical (unpaired) electrons. The van der Waals surface area contributed by atoms with Gasteiger partial charge in [-0.15, -0.1) is 0 Å². The summed E-state index contributed by atoms with van der Waals surface area (Å²) in [5, 5.41) is 11.1. The fraction of sp³-hybridized carbons (Fsp3) is 0.222. The monoisotopic (exact) mass is 291 g/mol. The van der Waals surface area contributed by atoms with Crippen molar-refractivity contribution in [3.05, 3.63) is 59.8 Å². The summed E-state index contributed by atoms with van der Waals surface area (Å²) in [5.74, 6) is 0.467. The molecule has 1 heterocycles. The molecule has 1 aliphatic rings. The van der Waals surface area contributed by atoms with Crippen LogP contribution in [0, 0.1) is 0 Å². The van der Waals surface area contributed by atoms with Gasteiger partial charge in [0.1, 0.15) is 0 Å². The Morgan fingerprint density at radius 1 is 1.32 bits per heavy atom. The van der Waals surface area contributed by atoms with E-state index in [0.29, 0.717) is 5.92 Å². The van der Waals surface area contributed by atoms with Crippen molar-refractivity contribution in [1.29, 1.82) is 0 Å². The van der Waals surface area contributed by atoms with Crippen molar-refractivity contribution >= 4 is 23.0 Å². The predicted octanol–water partition coefficient (Wildman–Crippen LogP) is 3.58. The lowest BCUT2D eigenvalue weighted by atomic mass is 9.91. The molecule has 4 rings (SSSR count). The van der Waals surface area contributed by atoms with Crippen LogP contribution in [0.4, 0.5) is 5.69 Å². The first kappa shape index (κ1) is 13.1. The van der Waals surface area contributed by atoms with E-state index in [0.717, 1.165) is 29.4 Å². The maximum absolute atomic E-state index is 10.8. The number of amides is 1. The van der Waals surface area contributed by atoms with Gasteiger partial charge in [-0.25, -0.2) is 0 Å². The minimum atomic E-state index is 0.0697. The van der Waals surface area contributed by atoms with Crippen LogP contribution >= 0.6 is 0 Å². The third-order valence-electron chi connectivity index (χ3n) is 4.86. The van der Waals surface area contributed by atoms with Crippen molar-refractivity contribution in [2.24, 2.45) is 0 Å². The van der Waals surface area contributed by atoms with Gasteiger partial charge in [0.2, 0.25) is 6.41 Å². The van der Waals surface area contributed by atoms with Crippen LogP contribution in [0.2, 0.25) is 0 Å². The molecule has 2 aromatic carbocycles. The topological polar surface area (TPSA) is 57.8 Å². The molecule has 2 N–H and O–H groups in total. The third-order valence-corrected chi connectivity index (χ3v) is 4.86. The van der Waals surface area contributed by atoms with Gasteiger partial charge < -0.3 is 5.32 Å². The van der Waals surface area contributed by atoms with Gasteiger partial charge in [0.25, 0.3) is 0 Å². The number of para-hydroxylation sites is 1. The smallest absolute Gasteiger partial charge is 0.211 e. The Labute approximate surface area is 128 Å². The lowest BCUT2D eigenvalue weighted by Gasteiger charge is -2.16. The number of nitrogens with one attached hydrogen (secondary N) is 2. The van der Waals surface area contributed by atoms with Crippen molar-refractivity contribution in [3.63, 3.8) is 0 Å². The number of H-pyrrole nitrogens is 1. The number of carbonyl (C=O) groups is 1. The summed E-state index contributed by atoms with van der Waals surface area (Å²) in [6.07, 6.45) is 3.68. The molecule has 3 aromatic rings. The average Bonchev–Trinajstić information content (AvgIpc) is 3.02. The molecular formula is C18H17N3O. The van der Waals surface area contributed by atoms with E-state index in [9.17, 15) is 4.79 Å². The molecule has 0 spiro atoms. The molecule has 1 fully saturated rings. The maximum atomic E-state index is 10.8. The number of fused-ring (bicyclic) bond motifs is 1. The number of aromatic nitrogens is 2. The molecule has 1 amide bonds. The van der Waals surface area contributed by atoms with Crippen molar-refractivity contribution in [1.82, 2.24) is 10.2 Å². The number of aromatic amines is 1. The van der Waals surface area contributed by atoms with Crippen LogP contribution in [0.15, 0.2) is 48.7 Å². The molecule has 22 heavy (non-hydrogen) atoms. The Morgan fingerprint density at radius 2 is 2.18 bits per heavy atom. The van der Waals surface area contributed by atoms with Gasteiger partial charge >= 0.3 is 0 Å². The lowest BCUT2D eigenvalue weighted by Crippen LogP contribution is -2.08. The molecular weight excluding hydrogens is 274 g/mol. The zero-order valence-corrected chi connectivity index (χ0v) is 12.3. The number of anilines is 1. The van der Waals surface area contributed by atoms with Crippen LogP contribution in [-0.4, -0.2) is 16.6 Å². The van der Waals surface area contributed by atoms with Gasteiger partial charge in [0.15, 0.2) is 0 Å². The van der Waals surface area contributed by atoms with E-state index < -0.39 is 0 Å². The Bertz CT molecular complexity index is 854. The molecule has 1 saturated carbocycles. The Kier molecular flexibility index (Phi) is 2.79. The van der Waals surface area contributed by atoms with Crippen LogP contribution in [0.5, 0.6) is 0 Å². The molecule has 1 aliphatic carbocycles. The first-order valence-electron chi connectivity index (χ1n) is 7.45. The molecule has 0 aliphatic heterocycles. The van der Waals surface area contributed by atoms with Gasteiger partial charge in [-0.2, -0.15) is 5.10 Å². The van der Waals surface area contributed by atoms with Crippen LogP contribution < -0.4 is 5.32 Å². The Hall–Kier alpha value is -2.62. The van der Waals surface area contributed by atoms with Gasteiger partial charge in [0, 0.05) is 16.5 Å². The summed E-state index contributed by atoms with van der Waals surface area (Å²) >= 11 is 0. The molecule has 0 saturated heterocycles. The van der Waals surface area contributed by atoms with Crippen molar-refractivity contribution in [2.45, 2.75) is 24.7 Å². The number of rotatable bonds is 4. The first-order chi connectivity index (χ1) is 10.7. The van der Waals surface area contributed by atoms with E-state index in [1.807, 2.05) is 24.4 Å². The summed E-state index contributed by atoms with van der Waals surface area (Å²) in [6, 6.07) is 14.5. The zero-order chi connectivity index (χ0) is 15.2. The van der Waals surface area contributed by atoms with Crippen molar-refractivity contribution < 1.29 is 4.79 Å². The summed E-state index contributed by atoms with van der Waals surface area (Å²) < 4.78 is 0. The lowest BCUT2D eigenvalue weighted by molar-refractivity contribution is -0.105. The van der Waals surface area contributed by atoms with Gasteiger partial charge in [-0.3, -0.25) is 9.89 Å². The number of hydrogen-bond acceptors (Lipinski definition) is 2. The van der Waals surface area contributed by atoms with Crippen LogP contribution in [-0.2, 0) is 10.2 Å². The molecule has 0 unspecified atom stereocenters. The van der Waals surface area contributed by atoms with Gasteiger partial charge in [-0.05, 0) is 35.6 Å². The minimum Gasteiger partial charge on any atom is -0.328 e. The highest BCUT2D eigenvalue weighted by atomic mass is 16.1. The number of nitrogens with zero attached hydrogens (tertiary/aromatic N) is 1. The molecule has 1 aromatic heterocycles. The maximum Gasteiger partial charge on any atom is 0.211 e. The number of carbonyl (C=O) groups excluding carboxylic acids is 1. The van der Waals surface area contributed by atoms with Crippen LogP contribution in [0.3, 0.4) is 0 Å².